The second-order valence-corrected chi connectivity index (χ2v) is 9.82. The van der Waals surface area contributed by atoms with Gasteiger partial charge in [0.1, 0.15) is 11.6 Å². The topological polar surface area (TPSA) is 119 Å². The number of carbonyl (C=O) groups is 2. The number of nitriles is 1. The second kappa shape index (κ2) is 15.3. The molecule has 1 aromatic carbocycles. The van der Waals surface area contributed by atoms with Crippen molar-refractivity contribution in [1.29, 1.82) is 5.26 Å². The number of alkyl carbamates (subject to hydrolysis) is 1. The summed E-state index contributed by atoms with van der Waals surface area (Å²) in [4.78, 5) is 35.0. The molecule has 208 valence electrons. The molecule has 0 saturated carbocycles. The number of nitrogens with zero attached hydrogens (tertiary/aromatic N) is 4. The summed E-state index contributed by atoms with van der Waals surface area (Å²) < 4.78 is 10.6. The largest absolute Gasteiger partial charge is 0.450 e. The molecule has 2 aliphatic rings. The van der Waals surface area contributed by atoms with Crippen LogP contribution in [0.15, 0.2) is 35.3 Å². The smallest absolute Gasteiger partial charge is 0.413 e. The summed E-state index contributed by atoms with van der Waals surface area (Å²) in [6.45, 7) is 8.71. The molecule has 0 bridgehead atoms. The van der Waals surface area contributed by atoms with Gasteiger partial charge in [0.05, 0.1) is 25.9 Å². The number of hydrogen-bond donors (Lipinski definition) is 2. The van der Waals surface area contributed by atoms with Crippen LogP contribution in [0.5, 0.6) is 0 Å². The van der Waals surface area contributed by atoms with Crippen molar-refractivity contribution in [3.8, 4) is 6.07 Å². The minimum absolute atomic E-state index is 0.225. The number of likely N-dealkylation sites (tertiary alicyclic amines) is 1. The lowest BCUT2D eigenvalue weighted by atomic mass is 9.88. The molecule has 0 radical (unpaired) electrons. The molecule has 2 N–H and O–H groups in total. The molecule has 2 heterocycles. The van der Waals surface area contributed by atoms with E-state index in [-0.39, 0.29) is 12.5 Å². The van der Waals surface area contributed by atoms with Crippen LogP contribution in [0, 0.1) is 11.3 Å². The summed E-state index contributed by atoms with van der Waals surface area (Å²) in [7, 11) is 0. The standard InChI is InChI=1S/C28H42N6O4/c1-3-15-33-16-13-28(22-29,14-17-33)32-25(35)24(12-8-11-23-9-6-5-7-10-23)30-26(31-27(36)38-4-2)34-18-20-37-21-19-34/h5-7,9-10,24H,3-4,8,11-21H2,1-2H3,(H,32,35)(H,30,31,36)/t24-/m0/s1. The van der Waals surface area contributed by atoms with Gasteiger partial charge in [-0.3, -0.25) is 10.1 Å². The highest BCUT2D eigenvalue weighted by atomic mass is 16.5. The second-order valence-electron chi connectivity index (χ2n) is 9.82. The Morgan fingerprint density at radius 1 is 1.16 bits per heavy atom. The maximum atomic E-state index is 13.7. The monoisotopic (exact) mass is 526 g/mol. The van der Waals surface area contributed by atoms with Gasteiger partial charge in [-0.15, -0.1) is 0 Å². The van der Waals surface area contributed by atoms with Gasteiger partial charge in [-0.05, 0) is 57.6 Å². The number of hydrogen-bond acceptors (Lipinski definition) is 7. The Balaban J connectivity index is 1.79. The van der Waals surface area contributed by atoms with Crippen molar-refractivity contribution in [3.63, 3.8) is 0 Å². The zero-order valence-electron chi connectivity index (χ0n) is 22.8. The Bertz CT molecular complexity index is 950. The van der Waals surface area contributed by atoms with E-state index in [9.17, 15) is 14.9 Å². The average molecular weight is 527 g/mol. The van der Waals surface area contributed by atoms with Gasteiger partial charge in [-0.2, -0.15) is 5.26 Å². The number of nitrogens with one attached hydrogen (secondary N) is 2. The molecular weight excluding hydrogens is 484 g/mol. The number of benzene rings is 1. The van der Waals surface area contributed by atoms with Crippen molar-refractivity contribution in [2.24, 2.45) is 4.99 Å². The molecule has 0 spiro atoms. The molecule has 38 heavy (non-hydrogen) atoms. The minimum atomic E-state index is -0.914. The molecule has 0 unspecified atom stereocenters. The fraction of sp³-hybridized carbons (Fsp3) is 0.643. The van der Waals surface area contributed by atoms with Gasteiger partial charge in [0, 0.05) is 26.2 Å². The Morgan fingerprint density at radius 2 is 1.87 bits per heavy atom. The lowest BCUT2D eigenvalue weighted by Crippen LogP contribution is -2.57. The lowest BCUT2D eigenvalue weighted by molar-refractivity contribution is -0.124. The van der Waals surface area contributed by atoms with E-state index in [1.54, 1.807) is 6.92 Å². The maximum absolute atomic E-state index is 13.7. The summed E-state index contributed by atoms with van der Waals surface area (Å²) in [6, 6.07) is 11.7. The number of aryl methyl sites for hydroxylation is 1. The fourth-order valence-corrected chi connectivity index (χ4v) is 4.83. The van der Waals surface area contributed by atoms with E-state index < -0.39 is 17.7 Å². The van der Waals surface area contributed by atoms with Gasteiger partial charge in [0.2, 0.25) is 11.9 Å². The molecule has 0 aliphatic carbocycles. The molecule has 1 aromatic rings. The highest BCUT2D eigenvalue weighted by Crippen LogP contribution is 2.23. The number of morpholine rings is 1. The van der Waals surface area contributed by atoms with E-state index in [2.05, 4.69) is 40.7 Å². The van der Waals surface area contributed by atoms with Gasteiger partial charge in [-0.25, -0.2) is 9.79 Å². The van der Waals surface area contributed by atoms with Gasteiger partial charge < -0.3 is 24.6 Å². The van der Waals surface area contributed by atoms with Crippen molar-refractivity contribution in [2.75, 3.05) is 52.5 Å². The zero-order valence-corrected chi connectivity index (χ0v) is 22.8. The summed E-state index contributed by atoms with van der Waals surface area (Å²) in [6.07, 6.45) is 3.60. The van der Waals surface area contributed by atoms with E-state index in [0.29, 0.717) is 51.5 Å². The van der Waals surface area contributed by atoms with Crippen LogP contribution in [0.3, 0.4) is 0 Å². The first kappa shape index (κ1) is 29.4. The summed E-state index contributed by atoms with van der Waals surface area (Å²) in [5.74, 6) is 0.00959. The molecule has 2 fully saturated rings. The maximum Gasteiger partial charge on any atom is 0.413 e. The van der Waals surface area contributed by atoms with Crippen molar-refractivity contribution in [3.05, 3.63) is 35.9 Å². The van der Waals surface area contributed by atoms with Crippen molar-refractivity contribution in [2.45, 2.75) is 64.0 Å². The fourth-order valence-electron chi connectivity index (χ4n) is 4.83. The molecule has 3 rings (SSSR count). The molecule has 10 nitrogen and oxygen atoms in total. The molecule has 10 heteroatoms. The predicted molar refractivity (Wildman–Crippen MR) is 146 cm³/mol. The van der Waals surface area contributed by atoms with Gasteiger partial charge in [0.25, 0.3) is 0 Å². The summed E-state index contributed by atoms with van der Waals surface area (Å²) in [5, 5.41) is 15.9. The number of piperidine rings is 1. The van der Waals surface area contributed by atoms with Crippen molar-refractivity contribution in [1.82, 2.24) is 20.4 Å². The van der Waals surface area contributed by atoms with Gasteiger partial charge >= 0.3 is 6.09 Å². The minimum Gasteiger partial charge on any atom is -0.450 e. The van der Waals surface area contributed by atoms with Crippen LogP contribution in [0.2, 0.25) is 0 Å². The molecule has 0 aromatic heterocycles. The Hall–Kier alpha value is -3.16. The molecular formula is C28H42N6O4. The van der Waals surface area contributed by atoms with Crippen LogP contribution in [0.25, 0.3) is 0 Å². The molecule has 1 atom stereocenters. The third-order valence-corrected chi connectivity index (χ3v) is 6.99. The van der Waals surface area contributed by atoms with Crippen LogP contribution in [0.1, 0.15) is 51.5 Å². The Labute approximate surface area is 226 Å². The number of carbonyl (C=O) groups excluding carboxylic acids is 2. The van der Waals surface area contributed by atoms with Crippen LogP contribution in [-0.2, 0) is 20.7 Å². The Morgan fingerprint density at radius 3 is 2.50 bits per heavy atom. The quantitative estimate of drug-likeness (QED) is 0.355. The number of aliphatic imine (C=N–C) groups is 1. The number of amides is 2. The van der Waals surface area contributed by atoms with Crippen LogP contribution >= 0.6 is 0 Å². The molecule has 2 aliphatic heterocycles. The first-order chi connectivity index (χ1) is 18.5. The van der Waals surface area contributed by atoms with Gasteiger partial charge in [-0.1, -0.05) is 37.3 Å². The summed E-state index contributed by atoms with van der Waals surface area (Å²) in [5.41, 5.74) is 0.271. The number of ether oxygens (including phenoxy) is 2. The molecule has 2 amide bonds. The van der Waals surface area contributed by atoms with Crippen LogP contribution < -0.4 is 10.6 Å². The summed E-state index contributed by atoms with van der Waals surface area (Å²) >= 11 is 0. The lowest BCUT2D eigenvalue weighted by Gasteiger charge is -2.38. The van der Waals surface area contributed by atoms with Crippen molar-refractivity contribution >= 4 is 18.0 Å². The van der Waals surface area contributed by atoms with Gasteiger partial charge in [0.15, 0.2) is 0 Å². The van der Waals surface area contributed by atoms with E-state index in [0.717, 1.165) is 38.9 Å². The SMILES string of the molecule is CCCN1CCC(C#N)(NC(=O)[C@H](CCCc2ccccc2)N=C(NC(=O)OCC)N2CCOCC2)CC1. The predicted octanol–water partition coefficient (Wildman–Crippen LogP) is 2.70. The van der Waals surface area contributed by atoms with E-state index >= 15 is 0 Å². The number of guanidine groups is 1. The highest BCUT2D eigenvalue weighted by molar-refractivity contribution is 5.96. The highest BCUT2D eigenvalue weighted by Gasteiger charge is 2.37. The van der Waals surface area contributed by atoms with Crippen LogP contribution in [-0.4, -0.2) is 91.9 Å². The molecule has 2 saturated heterocycles. The third-order valence-electron chi connectivity index (χ3n) is 6.99. The van der Waals surface area contributed by atoms with E-state index in [1.165, 1.54) is 5.56 Å². The number of rotatable bonds is 10. The first-order valence-electron chi connectivity index (χ1n) is 13.8. The van der Waals surface area contributed by atoms with Crippen LogP contribution in [0.4, 0.5) is 4.79 Å². The normalized spacial score (nSPS) is 18.8. The van der Waals surface area contributed by atoms with E-state index in [4.69, 9.17) is 14.5 Å². The first-order valence-corrected chi connectivity index (χ1v) is 13.8. The zero-order chi connectivity index (χ0) is 27.2. The average Bonchev–Trinajstić information content (AvgIpc) is 2.94. The third kappa shape index (κ3) is 8.99. The van der Waals surface area contributed by atoms with E-state index in [1.807, 2.05) is 23.1 Å². The van der Waals surface area contributed by atoms with Crippen molar-refractivity contribution < 1.29 is 19.1 Å². The Kier molecular flexibility index (Phi) is 11.8.